The van der Waals surface area contributed by atoms with Crippen molar-refractivity contribution in [3.8, 4) is 0 Å². The standard InChI is InChI=1S/C16H17BrFN/c1-11-3-5-13(6-4-11)12(2)19-10-14-9-15(17)7-8-16(14)18/h3-9,12,19H,10H2,1-2H3/t12-/m1/s1. The van der Waals surface area contributed by atoms with Gasteiger partial charge < -0.3 is 5.32 Å². The Labute approximate surface area is 122 Å². The van der Waals surface area contributed by atoms with Crippen LogP contribution in [0.15, 0.2) is 46.9 Å². The first kappa shape index (κ1) is 14.2. The molecule has 2 aromatic rings. The van der Waals surface area contributed by atoms with Crippen LogP contribution >= 0.6 is 15.9 Å². The van der Waals surface area contributed by atoms with E-state index >= 15 is 0 Å². The molecule has 0 heterocycles. The second-order valence-corrected chi connectivity index (χ2v) is 5.66. The summed E-state index contributed by atoms with van der Waals surface area (Å²) in [5.74, 6) is -0.174. The third-order valence-corrected chi connectivity index (χ3v) is 3.68. The molecule has 0 amide bonds. The van der Waals surface area contributed by atoms with E-state index in [4.69, 9.17) is 0 Å². The zero-order chi connectivity index (χ0) is 13.8. The van der Waals surface area contributed by atoms with E-state index in [9.17, 15) is 4.39 Å². The fourth-order valence-corrected chi connectivity index (χ4v) is 2.32. The molecule has 1 nitrogen and oxygen atoms in total. The van der Waals surface area contributed by atoms with E-state index < -0.39 is 0 Å². The van der Waals surface area contributed by atoms with Gasteiger partial charge >= 0.3 is 0 Å². The summed E-state index contributed by atoms with van der Waals surface area (Å²) in [4.78, 5) is 0. The van der Waals surface area contributed by atoms with Crippen molar-refractivity contribution in [2.24, 2.45) is 0 Å². The van der Waals surface area contributed by atoms with Crippen molar-refractivity contribution in [2.75, 3.05) is 0 Å². The second-order valence-electron chi connectivity index (χ2n) is 4.75. The van der Waals surface area contributed by atoms with Crippen molar-refractivity contribution >= 4 is 15.9 Å². The molecule has 0 aliphatic heterocycles. The van der Waals surface area contributed by atoms with Crippen LogP contribution in [-0.2, 0) is 6.54 Å². The van der Waals surface area contributed by atoms with Crippen LogP contribution in [-0.4, -0.2) is 0 Å². The summed E-state index contributed by atoms with van der Waals surface area (Å²) in [6, 6.07) is 13.6. The van der Waals surface area contributed by atoms with Gasteiger partial charge in [-0.1, -0.05) is 45.8 Å². The molecule has 0 saturated carbocycles. The Morgan fingerprint density at radius 3 is 2.53 bits per heavy atom. The third-order valence-electron chi connectivity index (χ3n) is 3.18. The van der Waals surface area contributed by atoms with Crippen LogP contribution in [0.4, 0.5) is 4.39 Å². The zero-order valence-electron chi connectivity index (χ0n) is 11.1. The topological polar surface area (TPSA) is 12.0 Å². The molecule has 2 rings (SSSR count). The predicted molar refractivity (Wildman–Crippen MR) is 80.5 cm³/mol. The SMILES string of the molecule is Cc1ccc([C@@H](C)NCc2cc(Br)ccc2F)cc1. The smallest absolute Gasteiger partial charge is 0.127 e. The molecular weight excluding hydrogens is 305 g/mol. The molecule has 3 heteroatoms. The van der Waals surface area contributed by atoms with E-state index in [0.717, 1.165) is 4.47 Å². The molecule has 19 heavy (non-hydrogen) atoms. The summed E-state index contributed by atoms with van der Waals surface area (Å²) in [5, 5.41) is 3.34. The van der Waals surface area contributed by atoms with Crippen molar-refractivity contribution in [1.29, 1.82) is 0 Å². The van der Waals surface area contributed by atoms with Crippen LogP contribution < -0.4 is 5.32 Å². The molecule has 0 bridgehead atoms. The monoisotopic (exact) mass is 321 g/mol. The Morgan fingerprint density at radius 1 is 1.16 bits per heavy atom. The van der Waals surface area contributed by atoms with Crippen molar-refractivity contribution in [1.82, 2.24) is 5.32 Å². The van der Waals surface area contributed by atoms with Gasteiger partial charge in [0.25, 0.3) is 0 Å². The lowest BCUT2D eigenvalue weighted by atomic mass is 10.1. The lowest BCUT2D eigenvalue weighted by molar-refractivity contribution is 0.544. The Bertz CT molecular complexity index is 551. The van der Waals surface area contributed by atoms with E-state index in [2.05, 4.69) is 59.4 Å². The van der Waals surface area contributed by atoms with Gasteiger partial charge in [-0.25, -0.2) is 4.39 Å². The molecule has 0 spiro atoms. The molecule has 0 radical (unpaired) electrons. The minimum atomic E-state index is -0.174. The molecule has 0 fully saturated rings. The van der Waals surface area contributed by atoms with E-state index in [1.807, 2.05) is 6.07 Å². The van der Waals surface area contributed by atoms with Crippen LogP contribution in [0.25, 0.3) is 0 Å². The largest absolute Gasteiger partial charge is 0.306 e. The van der Waals surface area contributed by atoms with Gasteiger partial charge in [-0.3, -0.25) is 0 Å². The summed E-state index contributed by atoms with van der Waals surface area (Å²) < 4.78 is 14.5. The van der Waals surface area contributed by atoms with Gasteiger partial charge in [0.05, 0.1) is 0 Å². The maximum atomic E-state index is 13.6. The quantitative estimate of drug-likeness (QED) is 0.857. The van der Waals surface area contributed by atoms with Crippen LogP contribution in [0.1, 0.15) is 29.7 Å². The molecule has 0 aliphatic carbocycles. The summed E-state index contributed by atoms with van der Waals surface area (Å²) in [6.07, 6.45) is 0. The Morgan fingerprint density at radius 2 is 1.84 bits per heavy atom. The first-order chi connectivity index (χ1) is 9.06. The van der Waals surface area contributed by atoms with Gasteiger partial charge in [-0.05, 0) is 37.6 Å². The number of nitrogens with one attached hydrogen (secondary N) is 1. The fourth-order valence-electron chi connectivity index (χ4n) is 1.91. The summed E-state index contributed by atoms with van der Waals surface area (Å²) in [6.45, 7) is 4.67. The summed E-state index contributed by atoms with van der Waals surface area (Å²) >= 11 is 3.36. The van der Waals surface area contributed by atoms with E-state index in [1.54, 1.807) is 6.07 Å². The van der Waals surface area contributed by atoms with Gasteiger partial charge in [0.2, 0.25) is 0 Å². The minimum Gasteiger partial charge on any atom is -0.306 e. The fraction of sp³-hybridized carbons (Fsp3) is 0.250. The maximum absolute atomic E-state index is 13.6. The van der Waals surface area contributed by atoms with E-state index in [-0.39, 0.29) is 11.9 Å². The maximum Gasteiger partial charge on any atom is 0.127 e. The number of rotatable bonds is 4. The van der Waals surface area contributed by atoms with Gasteiger partial charge in [0.15, 0.2) is 0 Å². The van der Waals surface area contributed by atoms with Crippen LogP contribution in [0.5, 0.6) is 0 Å². The molecule has 1 atom stereocenters. The number of hydrogen-bond acceptors (Lipinski definition) is 1. The van der Waals surface area contributed by atoms with Crippen molar-refractivity contribution < 1.29 is 4.39 Å². The highest BCUT2D eigenvalue weighted by molar-refractivity contribution is 9.10. The third kappa shape index (κ3) is 3.88. The van der Waals surface area contributed by atoms with E-state index in [0.29, 0.717) is 12.1 Å². The lowest BCUT2D eigenvalue weighted by Gasteiger charge is -2.15. The molecular formula is C16H17BrFN. The van der Waals surface area contributed by atoms with E-state index in [1.165, 1.54) is 17.2 Å². The Balaban J connectivity index is 2.02. The summed E-state index contributed by atoms with van der Waals surface area (Å²) in [7, 11) is 0. The predicted octanol–water partition coefficient (Wildman–Crippen LogP) is 4.75. The van der Waals surface area contributed by atoms with Crippen LogP contribution in [0.2, 0.25) is 0 Å². The number of benzene rings is 2. The number of aryl methyl sites for hydroxylation is 1. The molecule has 100 valence electrons. The highest BCUT2D eigenvalue weighted by atomic mass is 79.9. The molecule has 0 saturated heterocycles. The minimum absolute atomic E-state index is 0.174. The first-order valence-electron chi connectivity index (χ1n) is 6.30. The highest BCUT2D eigenvalue weighted by Gasteiger charge is 2.07. The average Bonchev–Trinajstić information content (AvgIpc) is 2.40. The zero-order valence-corrected chi connectivity index (χ0v) is 12.7. The Hall–Kier alpha value is -1.19. The lowest BCUT2D eigenvalue weighted by Crippen LogP contribution is -2.18. The van der Waals surface area contributed by atoms with Crippen molar-refractivity contribution in [3.05, 3.63) is 69.4 Å². The van der Waals surface area contributed by atoms with Gasteiger partial charge in [0, 0.05) is 22.6 Å². The van der Waals surface area contributed by atoms with Crippen molar-refractivity contribution in [3.63, 3.8) is 0 Å². The average molecular weight is 322 g/mol. The second kappa shape index (κ2) is 6.31. The first-order valence-corrected chi connectivity index (χ1v) is 7.09. The highest BCUT2D eigenvalue weighted by Crippen LogP contribution is 2.18. The van der Waals surface area contributed by atoms with Crippen LogP contribution in [0.3, 0.4) is 0 Å². The van der Waals surface area contributed by atoms with Gasteiger partial charge in [-0.2, -0.15) is 0 Å². The normalized spacial score (nSPS) is 12.4. The van der Waals surface area contributed by atoms with Gasteiger partial charge in [-0.15, -0.1) is 0 Å². The van der Waals surface area contributed by atoms with Gasteiger partial charge in [0.1, 0.15) is 5.82 Å². The number of hydrogen-bond donors (Lipinski definition) is 1. The van der Waals surface area contributed by atoms with Crippen LogP contribution in [0, 0.1) is 12.7 Å². The molecule has 1 N–H and O–H groups in total. The number of halogens is 2. The summed E-state index contributed by atoms with van der Waals surface area (Å²) in [5.41, 5.74) is 3.13. The molecule has 0 aromatic heterocycles. The molecule has 0 aliphatic rings. The van der Waals surface area contributed by atoms with Crippen molar-refractivity contribution in [2.45, 2.75) is 26.4 Å². The molecule has 2 aromatic carbocycles. The Kier molecular flexibility index (Phi) is 4.72. The molecule has 0 unspecified atom stereocenters.